The van der Waals surface area contributed by atoms with Gasteiger partial charge in [0.1, 0.15) is 5.84 Å². The number of nitrogens with one attached hydrogen (secondary N) is 1. The zero-order valence-corrected chi connectivity index (χ0v) is 7.21. The number of hydrogen-bond donors (Lipinski definition) is 1. The molecule has 0 unspecified atom stereocenters. The molecule has 0 saturated heterocycles. The highest BCUT2D eigenvalue weighted by Gasteiger charge is 1.97. The number of aliphatic imine (C=N–C) groups is 2. The summed E-state index contributed by atoms with van der Waals surface area (Å²) in [5.41, 5.74) is 0. The molecule has 0 aliphatic heterocycles. The lowest BCUT2D eigenvalue weighted by molar-refractivity contribution is -0.120. The van der Waals surface area contributed by atoms with Crippen molar-refractivity contribution in [3.63, 3.8) is 0 Å². The van der Waals surface area contributed by atoms with E-state index in [0.29, 0.717) is 18.8 Å². The lowest BCUT2D eigenvalue weighted by Crippen LogP contribution is -2.27. The minimum Gasteiger partial charge on any atom is -0.349 e. The van der Waals surface area contributed by atoms with Gasteiger partial charge < -0.3 is 5.32 Å². The number of amidine groups is 1. The summed E-state index contributed by atoms with van der Waals surface area (Å²) in [4.78, 5) is 18.2. The molecule has 12 heavy (non-hydrogen) atoms. The molecule has 0 aromatic heterocycles. The van der Waals surface area contributed by atoms with E-state index < -0.39 is 0 Å². The largest absolute Gasteiger partial charge is 0.349 e. The van der Waals surface area contributed by atoms with Gasteiger partial charge in [0, 0.05) is 12.6 Å². The molecule has 0 aliphatic rings. The van der Waals surface area contributed by atoms with Crippen molar-refractivity contribution in [1.82, 2.24) is 5.32 Å². The highest BCUT2D eigenvalue weighted by atomic mass is 16.1. The third kappa shape index (κ3) is 4.38. The van der Waals surface area contributed by atoms with Gasteiger partial charge >= 0.3 is 0 Å². The lowest BCUT2D eigenvalue weighted by Gasteiger charge is -2.00. The smallest absolute Gasteiger partial charge is 0.220 e. The van der Waals surface area contributed by atoms with Gasteiger partial charge in [0.2, 0.25) is 5.91 Å². The molecule has 0 bridgehead atoms. The van der Waals surface area contributed by atoms with Crippen molar-refractivity contribution >= 4 is 18.5 Å². The van der Waals surface area contributed by atoms with Crippen LogP contribution in [-0.2, 0) is 4.79 Å². The molecule has 1 N–H and O–H groups in total. The van der Waals surface area contributed by atoms with E-state index in [1.165, 1.54) is 6.20 Å². The van der Waals surface area contributed by atoms with Crippen molar-refractivity contribution in [2.24, 2.45) is 9.98 Å². The van der Waals surface area contributed by atoms with Crippen LogP contribution in [0.4, 0.5) is 0 Å². The fourth-order valence-corrected chi connectivity index (χ4v) is 0.550. The molecule has 0 aliphatic carbocycles. The number of rotatable bonds is 4. The Morgan fingerprint density at radius 1 is 1.67 bits per heavy atom. The molecule has 0 atom stereocenters. The summed E-state index contributed by atoms with van der Waals surface area (Å²) in [5.74, 6) is 0.433. The molecular weight excluding hydrogens is 154 g/mol. The van der Waals surface area contributed by atoms with Crippen molar-refractivity contribution in [3.8, 4) is 0 Å². The molecule has 4 heteroatoms. The van der Waals surface area contributed by atoms with Crippen LogP contribution in [0.15, 0.2) is 22.8 Å². The first-order valence-electron chi connectivity index (χ1n) is 3.65. The molecule has 66 valence electrons. The van der Waals surface area contributed by atoms with Crippen molar-refractivity contribution < 1.29 is 4.79 Å². The summed E-state index contributed by atoms with van der Waals surface area (Å²) in [6.45, 7) is 8.80. The van der Waals surface area contributed by atoms with Crippen LogP contribution >= 0.6 is 0 Å². The zero-order valence-electron chi connectivity index (χ0n) is 7.21. The molecule has 0 radical (unpaired) electrons. The van der Waals surface area contributed by atoms with E-state index in [1.54, 1.807) is 6.92 Å². The SMILES string of the molecule is C=CN=C(CNC(=O)CC)N=C. The van der Waals surface area contributed by atoms with E-state index in [9.17, 15) is 4.79 Å². The van der Waals surface area contributed by atoms with Crippen molar-refractivity contribution in [1.29, 1.82) is 0 Å². The summed E-state index contributed by atoms with van der Waals surface area (Å²) in [6, 6.07) is 0. The number of amides is 1. The summed E-state index contributed by atoms with van der Waals surface area (Å²) in [6.07, 6.45) is 1.82. The van der Waals surface area contributed by atoms with Crippen molar-refractivity contribution in [2.75, 3.05) is 6.54 Å². The van der Waals surface area contributed by atoms with Crippen LogP contribution in [0.1, 0.15) is 13.3 Å². The predicted octanol–water partition coefficient (Wildman–Crippen LogP) is 0.755. The Hall–Kier alpha value is -1.45. The third-order valence-electron chi connectivity index (χ3n) is 1.19. The number of carbonyl (C=O) groups excluding carboxylic acids is 1. The van der Waals surface area contributed by atoms with Gasteiger partial charge in [0.05, 0.1) is 6.54 Å². The number of nitrogens with zero attached hydrogens (tertiary/aromatic N) is 2. The van der Waals surface area contributed by atoms with Gasteiger partial charge in [-0.05, 0) is 6.72 Å². The number of hydrogen-bond acceptors (Lipinski definition) is 2. The van der Waals surface area contributed by atoms with Gasteiger partial charge in [0.25, 0.3) is 0 Å². The molecule has 0 saturated carbocycles. The van der Waals surface area contributed by atoms with Crippen LogP contribution in [0, 0.1) is 0 Å². The highest BCUT2D eigenvalue weighted by Crippen LogP contribution is 1.81. The van der Waals surface area contributed by atoms with E-state index in [0.717, 1.165) is 0 Å². The molecule has 0 spiro atoms. The standard InChI is InChI=1S/C8H13N3O/c1-4-8(12)11-6-7(9-3)10-5-2/h5H,2-4,6H2,1H3,(H,11,12). The van der Waals surface area contributed by atoms with Crippen LogP contribution in [0.5, 0.6) is 0 Å². The Morgan fingerprint density at radius 3 is 2.75 bits per heavy atom. The Bertz CT molecular complexity index is 208. The van der Waals surface area contributed by atoms with E-state index in [2.05, 4.69) is 28.6 Å². The molecule has 0 heterocycles. The average Bonchev–Trinajstić information content (AvgIpc) is 2.11. The normalized spacial score (nSPS) is 10.6. The Labute approximate surface area is 72.1 Å². The minimum atomic E-state index is -0.0320. The Kier molecular flexibility index (Phi) is 5.51. The van der Waals surface area contributed by atoms with Gasteiger partial charge in [-0.3, -0.25) is 4.79 Å². The second kappa shape index (κ2) is 6.27. The maximum Gasteiger partial charge on any atom is 0.220 e. The highest BCUT2D eigenvalue weighted by molar-refractivity contribution is 5.91. The van der Waals surface area contributed by atoms with E-state index in [4.69, 9.17) is 0 Å². The summed E-state index contributed by atoms with van der Waals surface area (Å²) >= 11 is 0. The van der Waals surface area contributed by atoms with E-state index in [1.807, 2.05) is 0 Å². The van der Waals surface area contributed by atoms with Gasteiger partial charge in [-0.15, -0.1) is 0 Å². The summed E-state index contributed by atoms with van der Waals surface area (Å²) in [7, 11) is 0. The Balaban J connectivity index is 3.88. The second-order valence-corrected chi connectivity index (χ2v) is 2.02. The average molecular weight is 167 g/mol. The van der Waals surface area contributed by atoms with Crippen LogP contribution in [-0.4, -0.2) is 25.0 Å². The fraction of sp³-hybridized carbons (Fsp3) is 0.375. The van der Waals surface area contributed by atoms with Gasteiger partial charge in [-0.25, -0.2) is 9.98 Å². The fourth-order valence-electron chi connectivity index (χ4n) is 0.550. The predicted molar refractivity (Wildman–Crippen MR) is 50.5 cm³/mol. The molecule has 0 rings (SSSR count). The van der Waals surface area contributed by atoms with Gasteiger partial charge in [-0.2, -0.15) is 0 Å². The first kappa shape index (κ1) is 10.6. The molecule has 0 fully saturated rings. The topological polar surface area (TPSA) is 53.8 Å². The van der Waals surface area contributed by atoms with E-state index >= 15 is 0 Å². The molecule has 0 aromatic rings. The quantitative estimate of drug-likeness (QED) is 0.487. The van der Waals surface area contributed by atoms with E-state index in [-0.39, 0.29) is 5.91 Å². The van der Waals surface area contributed by atoms with Crippen LogP contribution in [0.25, 0.3) is 0 Å². The molecular formula is C8H13N3O. The third-order valence-corrected chi connectivity index (χ3v) is 1.19. The summed E-state index contributed by atoms with van der Waals surface area (Å²) in [5, 5.41) is 2.62. The van der Waals surface area contributed by atoms with Crippen molar-refractivity contribution in [3.05, 3.63) is 12.8 Å². The van der Waals surface area contributed by atoms with Gasteiger partial charge in [0.15, 0.2) is 0 Å². The monoisotopic (exact) mass is 167 g/mol. The van der Waals surface area contributed by atoms with Gasteiger partial charge in [-0.1, -0.05) is 13.5 Å². The molecule has 0 aromatic carbocycles. The van der Waals surface area contributed by atoms with Crippen LogP contribution in [0.3, 0.4) is 0 Å². The zero-order chi connectivity index (χ0) is 9.40. The second-order valence-electron chi connectivity index (χ2n) is 2.02. The first-order valence-corrected chi connectivity index (χ1v) is 3.65. The van der Waals surface area contributed by atoms with Crippen LogP contribution < -0.4 is 5.32 Å². The minimum absolute atomic E-state index is 0.0320. The maximum atomic E-state index is 10.8. The molecule has 4 nitrogen and oxygen atoms in total. The Morgan fingerprint density at radius 2 is 2.33 bits per heavy atom. The molecule has 1 amide bonds. The summed E-state index contributed by atoms with van der Waals surface area (Å²) < 4.78 is 0. The number of carbonyl (C=O) groups is 1. The van der Waals surface area contributed by atoms with Crippen molar-refractivity contribution in [2.45, 2.75) is 13.3 Å². The van der Waals surface area contributed by atoms with Crippen LogP contribution in [0.2, 0.25) is 0 Å². The lowest BCUT2D eigenvalue weighted by atomic mass is 10.4. The maximum absolute atomic E-state index is 10.8. The first-order chi connectivity index (χ1) is 5.74.